The molecule has 0 fully saturated rings. The molecule has 0 radical (unpaired) electrons. The number of aliphatic hydroxyl groups is 1. The van der Waals surface area contributed by atoms with Crippen LogP contribution in [0, 0.1) is 0 Å². The molecule has 0 aliphatic heterocycles. The number of rotatable bonds is 5. The largest absolute Gasteiger partial charge is 0.388 e. The van der Waals surface area contributed by atoms with Crippen LogP contribution in [0.1, 0.15) is 44.3 Å². The number of fused-ring (bicyclic) bond motifs is 2. The molecule has 0 spiro atoms. The molecule has 1 atom stereocenters. The standard InChI is InChI=1S/C20H22O/c1-2-3-4-13-19(21)20-17-11-7-5-9-15(17)14-16-10-6-8-12-18(16)20/h5-12,14,19,21H,2-4,13H2,1H3. The summed E-state index contributed by atoms with van der Waals surface area (Å²) in [4.78, 5) is 0. The molecule has 0 saturated carbocycles. The SMILES string of the molecule is CCCCCC(O)c1c2ccccc2cc2ccccc12. The van der Waals surface area contributed by atoms with Gasteiger partial charge in [0.2, 0.25) is 0 Å². The van der Waals surface area contributed by atoms with Gasteiger partial charge in [-0.05, 0) is 39.6 Å². The fourth-order valence-corrected chi connectivity index (χ4v) is 3.14. The fraction of sp³-hybridized carbons (Fsp3) is 0.300. The van der Waals surface area contributed by atoms with Gasteiger partial charge in [-0.1, -0.05) is 74.7 Å². The lowest BCUT2D eigenvalue weighted by Gasteiger charge is -2.17. The number of aliphatic hydroxyl groups excluding tert-OH is 1. The Balaban J connectivity index is 2.15. The Bertz CT molecular complexity index is 691. The summed E-state index contributed by atoms with van der Waals surface area (Å²) in [6.07, 6.45) is 3.90. The molecule has 0 amide bonds. The highest BCUT2D eigenvalue weighted by Gasteiger charge is 2.14. The van der Waals surface area contributed by atoms with Crippen LogP contribution < -0.4 is 0 Å². The molecular weight excluding hydrogens is 256 g/mol. The maximum Gasteiger partial charge on any atom is 0.0802 e. The summed E-state index contributed by atoms with van der Waals surface area (Å²) in [6.45, 7) is 2.19. The van der Waals surface area contributed by atoms with E-state index in [2.05, 4.69) is 61.5 Å². The van der Waals surface area contributed by atoms with Crippen LogP contribution in [-0.2, 0) is 0 Å². The average Bonchev–Trinajstić information content (AvgIpc) is 2.52. The van der Waals surface area contributed by atoms with E-state index in [1.54, 1.807) is 0 Å². The molecular formula is C20H22O. The molecule has 0 bridgehead atoms. The zero-order valence-electron chi connectivity index (χ0n) is 12.5. The van der Waals surface area contributed by atoms with E-state index in [1.807, 2.05) is 0 Å². The third-order valence-corrected chi connectivity index (χ3v) is 4.23. The minimum absolute atomic E-state index is 0.382. The van der Waals surface area contributed by atoms with Gasteiger partial charge in [-0.15, -0.1) is 0 Å². The predicted molar refractivity (Wildman–Crippen MR) is 90.6 cm³/mol. The van der Waals surface area contributed by atoms with E-state index in [9.17, 15) is 5.11 Å². The number of benzene rings is 3. The summed E-state index contributed by atoms with van der Waals surface area (Å²) < 4.78 is 0. The van der Waals surface area contributed by atoms with Crippen molar-refractivity contribution in [2.75, 3.05) is 0 Å². The van der Waals surface area contributed by atoms with E-state index >= 15 is 0 Å². The van der Waals surface area contributed by atoms with Crippen molar-refractivity contribution in [3.8, 4) is 0 Å². The molecule has 1 nitrogen and oxygen atoms in total. The first kappa shape index (κ1) is 14.1. The number of hydrogen-bond donors (Lipinski definition) is 1. The zero-order valence-corrected chi connectivity index (χ0v) is 12.5. The van der Waals surface area contributed by atoms with Crippen molar-refractivity contribution < 1.29 is 5.11 Å². The van der Waals surface area contributed by atoms with Crippen LogP contribution in [0.15, 0.2) is 54.6 Å². The molecule has 0 saturated heterocycles. The molecule has 1 N–H and O–H groups in total. The van der Waals surface area contributed by atoms with Crippen molar-refractivity contribution in [2.45, 2.75) is 38.7 Å². The lowest BCUT2D eigenvalue weighted by Crippen LogP contribution is -2.00. The van der Waals surface area contributed by atoms with Gasteiger partial charge in [0, 0.05) is 0 Å². The van der Waals surface area contributed by atoms with Crippen LogP contribution in [0.3, 0.4) is 0 Å². The molecule has 0 aliphatic rings. The molecule has 3 aromatic carbocycles. The van der Waals surface area contributed by atoms with E-state index in [4.69, 9.17) is 0 Å². The van der Waals surface area contributed by atoms with Crippen molar-refractivity contribution in [1.82, 2.24) is 0 Å². The zero-order chi connectivity index (χ0) is 14.7. The molecule has 108 valence electrons. The fourth-order valence-electron chi connectivity index (χ4n) is 3.14. The molecule has 3 rings (SSSR count). The molecule has 0 aliphatic carbocycles. The lowest BCUT2D eigenvalue weighted by atomic mass is 9.91. The van der Waals surface area contributed by atoms with Gasteiger partial charge in [-0.3, -0.25) is 0 Å². The van der Waals surface area contributed by atoms with Crippen molar-refractivity contribution in [3.05, 3.63) is 60.2 Å². The summed E-state index contributed by atoms with van der Waals surface area (Å²) in [6, 6.07) is 19.0. The Morgan fingerprint density at radius 3 is 2.00 bits per heavy atom. The van der Waals surface area contributed by atoms with E-state index in [0.717, 1.165) is 18.4 Å². The smallest absolute Gasteiger partial charge is 0.0802 e. The molecule has 1 unspecified atom stereocenters. The quantitative estimate of drug-likeness (QED) is 0.475. The van der Waals surface area contributed by atoms with Gasteiger partial charge < -0.3 is 5.11 Å². The first-order chi connectivity index (χ1) is 10.3. The Morgan fingerprint density at radius 1 is 0.857 bits per heavy atom. The highest BCUT2D eigenvalue weighted by Crippen LogP contribution is 2.34. The van der Waals surface area contributed by atoms with Crippen LogP contribution in [0.4, 0.5) is 0 Å². The normalized spacial score (nSPS) is 12.9. The number of unbranched alkanes of at least 4 members (excludes halogenated alkanes) is 2. The van der Waals surface area contributed by atoms with Gasteiger partial charge in [0.05, 0.1) is 6.10 Å². The summed E-state index contributed by atoms with van der Waals surface area (Å²) in [7, 11) is 0. The van der Waals surface area contributed by atoms with Crippen LogP contribution in [-0.4, -0.2) is 5.11 Å². The molecule has 1 heteroatoms. The van der Waals surface area contributed by atoms with E-state index in [1.165, 1.54) is 34.4 Å². The first-order valence-electron chi connectivity index (χ1n) is 7.89. The van der Waals surface area contributed by atoms with Gasteiger partial charge in [-0.2, -0.15) is 0 Å². The topological polar surface area (TPSA) is 20.2 Å². The van der Waals surface area contributed by atoms with Gasteiger partial charge in [-0.25, -0.2) is 0 Å². The summed E-state index contributed by atoms with van der Waals surface area (Å²) in [5.41, 5.74) is 1.10. The van der Waals surface area contributed by atoms with Gasteiger partial charge in [0.1, 0.15) is 0 Å². The Morgan fingerprint density at radius 2 is 1.43 bits per heavy atom. The lowest BCUT2D eigenvalue weighted by molar-refractivity contribution is 0.166. The first-order valence-corrected chi connectivity index (χ1v) is 7.89. The average molecular weight is 278 g/mol. The highest BCUT2D eigenvalue weighted by molar-refractivity contribution is 6.02. The predicted octanol–water partition coefficient (Wildman–Crippen LogP) is 5.61. The summed E-state index contributed by atoms with van der Waals surface area (Å²) in [5.74, 6) is 0. The van der Waals surface area contributed by atoms with Crippen LogP contribution in [0.2, 0.25) is 0 Å². The van der Waals surface area contributed by atoms with Crippen molar-refractivity contribution in [2.24, 2.45) is 0 Å². The summed E-state index contributed by atoms with van der Waals surface area (Å²) in [5, 5.41) is 15.5. The highest BCUT2D eigenvalue weighted by atomic mass is 16.3. The Kier molecular flexibility index (Phi) is 4.21. The molecule has 0 heterocycles. The van der Waals surface area contributed by atoms with E-state index in [0.29, 0.717) is 0 Å². The number of hydrogen-bond acceptors (Lipinski definition) is 1. The molecule has 21 heavy (non-hydrogen) atoms. The minimum Gasteiger partial charge on any atom is -0.388 e. The maximum atomic E-state index is 10.7. The molecule has 0 aromatic heterocycles. The second-order valence-electron chi connectivity index (χ2n) is 5.74. The summed E-state index contributed by atoms with van der Waals surface area (Å²) >= 11 is 0. The second-order valence-corrected chi connectivity index (χ2v) is 5.74. The Hall–Kier alpha value is -1.86. The van der Waals surface area contributed by atoms with Crippen molar-refractivity contribution in [3.63, 3.8) is 0 Å². The van der Waals surface area contributed by atoms with Gasteiger partial charge in [0.25, 0.3) is 0 Å². The maximum absolute atomic E-state index is 10.7. The van der Waals surface area contributed by atoms with Crippen LogP contribution >= 0.6 is 0 Å². The van der Waals surface area contributed by atoms with E-state index < -0.39 is 0 Å². The third kappa shape index (κ3) is 2.79. The van der Waals surface area contributed by atoms with Crippen molar-refractivity contribution >= 4 is 21.5 Å². The minimum atomic E-state index is -0.382. The second kappa shape index (κ2) is 6.28. The third-order valence-electron chi connectivity index (χ3n) is 4.23. The van der Waals surface area contributed by atoms with Crippen LogP contribution in [0.25, 0.3) is 21.5 Å². The Labute approximate surface area is 126 Å². The molecule has 3 aromatic rings. The van der Waals surface area contributed by atoms with Gasteiger partial charge in [0.15, 0.2) is 0 Å². The van der Waals surface area contributed by atoms with Gasteiger partial charge >= 0.3 is 0 Å². The monoisotopic (exact) mass is 278 g/mol. The van der Waals surface area contributed by atoms with Crippen molar-refractivity contribution in [1.29, 1.82) is 0 Å². The van der Waals surface area contributed by atoms with E-state index in [-0.39, 0.29) is 6.10 Å². The van der Waals surface area contributed by atoms with Crippen LogP contribution in [0.5, 0.6) is 0 Å².